The molecule has 0 aliphatic heterocycles. The Morgan fingerprint density at radius 1 is 1.44 bits per heavy atom. The van der Waals surface area contributed by atoms with E-state index in [2.05, 4.69) is 35.1 Å². The Kier molecular flexibility index (Phi) is 4.46. The zero-order chi connectivity index (χ0) is 11.2. The highest BCUT2D eigenvalue weighted by Crippen LogP contribution is 2.33. The highest BCUT2D eigenvalue weighted by atomic mass is 15.0. The Bertz CT molecular complexity index is 299. The molecule has 1 aliphatic rings. The zero-order valence-corrected chi connectivity index (χ0v) is 10.4. The lowest BCUT2D eigenvalue weighted by Crippen LogP contribution is -2.17. The molecule has 0 spiro atoms. The molecule has 0 aromatic carbocycles. The van der Waals surface area contributed by atoms with Crippen LogP contribution in [-0.4, -0.2) is 11.1 Å². The molecule has 2 rings (SSSR count). The van der Waals surface area contributed by atoms with Gasteiger partial charge in [0.1, 0.15) is 0 Å². The molecular formula is C14H24N2. The van der Waals surface area contributed by atoms with Gasteiger partial charge in [0.25, 0.3) is 0 Å². The number of rotatable bonds is 8. The number of hydrogen-bond acceptors (Lipinski definition) is 1. The largest absolute Gasteiger partial charge is 0.350 e. The molecule has 0 bridgehead atoms. The second-order valence-electron chi connectivity index (χ2n) is 4.96. The van der Waals surface area contributed by atoms with Crippen molar-refractivity contribution in [2.24, 2.45) is 5.92 Å². The molecule has 2 heteroatoms. The number of aryl methyl sites for hydroxylation is 1. The maximum Gasteiger partial charge on any atom is 0.0359 e. The smallest absolute Gasteiger partial charge is 0.0359 e. The van der Waals surface area contributed by atoms with Crippen molar-refractivity contribution in [3.63, 3.8) is 0 Å². The van der Waals surface area contributed by atoms with Crippen LogP contribution in [0.3, 0.4) is 0 Å². The molecule has 16 heavy (non-hydrogen) atoms. The van der Waals surface area contributed by atoms with E-state index in [0.717, 1.165) is 19.0 Å². The van der Waals surface area contributed by atoms with Crippen LogP contribution in [-0.2, 0) is 13.1 Å². The van der Waals surface area contributed by atoms with Crippen molar-refractivity contribution in [3.8, 4) is 0 Å². The van der Waals surface area contributed by atoms with Gasteiger partial charge in [-0.05, 0) is 43.9 Å². The topological polar surface area (TPSA) is 17.0 Å². The van der Waals surface area contributed by atoms with Gasteiger partial charge in [-0.25, -0.2) is 0 Å². The van der Waals surface area contributed by atoms with Gasteiger partial charge in [0.05, 0.1) is 0 Å². The van der Waals surface area contributed by atoms with Crippen LogP contribution >= 0.6 is 0 Å². The van der Waals surface area contributed by atoms with Gasteiger partial charge in [0.15, 0.2) is 0 Å². The maximum atomic E-state index is 3.55. The predicted octanol–water partition coefficient (Wildman–Crippen LogP) is 3.18. The van der Waals surface area contributed by atoms with Crippen molar-refractivity contribution in [1.82, 2.24) is 9.88 Å². The third-order valence-electron chi connectivity index (χ3n) is 3.36. The van der Waals surface area contributed by atoms with E-state index in [4.69, 9.17) is 0 Å². The van der Waals surface area contributed by atoms with Gasteiger partial charge in [0.2, 0.25) is 0 Å². The van der Waals surface area contributed by atoms with Crippen LogP contribution < -0.4 is 5.32 Å². The van der Waals surface area contributed by atoms with Gasteiger partial charge in [-0.1, -0.05) is 19.8 Å². The second kappa shape index (κ2) is 6.09. The summed E-state index contributed by atoms with van der Waals surface area (Å²) in [6.07, 6.45) is 9.15. The average Bonchev–Trinajstić information content (AvgIpc) is 3.00. The molecule has 1 aromatic rings. The highest BCUT2D eigenvalue weighted by Gasteiger charge is 2.19. The van der Waals surface area contributed by atoms with Crippen LogP contribution in [0.15, 0.2) is 18.3 Å². The molecule has 0 amide bonds. The average molecular weight is 220 g/mol. The van der Waals surface area contributed by atoms with E-state index < -0.39 is 0 Å². The fourth-order valence-corrected chi connectivity index (χ4v) is 2.21. The van der Waals surface area contributed by atoms with Crippen molar-refractivity contribution >= 4 is 0 Å². The summed E-state index contributed by atoms with van der Waals surface area (Å²) < 4.78 is 2.36. The second-order valence-corrected chi connectivity index (χ2v) is 4.96. The molecule has 2 nitrogen and oxygen atoms in total. The quantitative estimate of drug-likeness (QED) is 0.666. The minimum atomic E-state index is 1.03. The van der Waals surface area contributed by atoms with Crippen molar-refractivity contribution in [1.29, 1.82) is 0 Å². The van der Waals surface area contributed by atoms with E-state index in [0.29, 0.717) is 0 Å². The first kappa shape index (κ1) is 11.7. The van der Waals surface area contributed by atoms with Gasteiger partial charge in [-0.2, -0.15) is 0 Å². The van der Waals surface area contributed by atoms with Crippen molar-refractivity contribution in [2.75, 3.05) is 6.54 Å². The van der Waals surface area contributed by atoms with Crippen LogP contribution in [0.4, 0.5) is 0 Å². The molecule has 1 heterocycles. The van der Waals surface area contributed by atoms with Crippen molar-refractivity contribution in [2.45, 2.75) is 52.1 Å². The number of aromatic nitrogens is 1. The van der Waals surface area contributed by atoms with Crippen LogP contribution in [0.5, 0.6) is 0 Å². The third kappa shape index (κ3) is 3.67. The Labute approximate surface area is 99.0 Å². The number of nitrogens with zero attached hydrogens (tertiary/aromatic N) is 1. The minimum Gasteiger partial charge on any atom is -0.350 e. The summed E-state index contributed by atoms with van der Waals surface area (Å²) in [4.78, 5) is 0. The summed E-state index contributed by atoms with van der Waals surface area (Å²) in [5.41, 5.74) is 1.42. The monoisotopic (exact) mass is 220 g/mol. The molecule has 0 radical (unpaired) electrons. The van der Waals surface area contributed by atoms with E-state index >= 15 is 0 Å². The zero-order valence-electron chi connectivity index (χ0n) is 10.4. The lowest BCUT2D eigenvalue weighted by molar-refractivity contribution is 0.566. The van der Waals surface area contributed by atoms with E-state index in [-0.39, 0.29) is 0 Å². The predicted molar refractivity (Wildman–Crippen MR) is 68.4 cm³/mol. The molecule has 0 atom stereocenters. The molecule has 1 aromatic heterocycles. The molecule has 1 aliphatic carbocycles. The molecule has 0 unspecified atom stereocenters. The SMILES string of the molecule is CCCn1cccc1CNCCCC1CC1. The number of nitrogens with one attached hydrogen (secondary N) is 1. The van der Waals surface area contributed by atoms with E-state index in [1.807, 2.05) is 0 Å². The molecular weight excluding hydrogens is 196 g/mol. The van der Waals surface area contributed by atoms with Crippen molar-refractivity contribution in [3.05, 3.63) is 24.0 Å². The standard InChI is InChI=1S/C14H24N2/c1-2-10-16-11-4-6-14(16)12-15-9-3-5-13-7-8-13/h4,6,11,13,15H,2-3,5,7-10,12H2,1H3. The fourth-order valence-electron chi connectivity index (χ4n) is 2.21. The number of hydrogen-bond donors (Lipinski definition) is 1. The summed E-state index contributed by atoms with van der Waals surface area (Å²) in [6, 6.07) is 4.38. The maximum absolute atomic E-state index is 3.55. The molecule has 1 N–H and O–H groups in total. The fraction of sp³-hybridized carbons (Fsp3) is 0.714. The molecule has 1 fully saturated rings. The van der Waals surface area contributed by atoms with Crippen LogP contribution in [0.25, 0.3) is 0 Å². The lowest BCUT2D eigenvalue weighted by Gasteiger charge is -2.09. The summed E-state index contributed by atoms with van der Waals surface area (Å²) in [5.74, 6) is 1.07. The summed E-state index contributed by atoms with van der Waals surface area (Å²) in [7, 11) is 0. The first-order valence-electron chi connectivity index (χ1n) is 6.75. The Morgan fingerprint density at radius 3 is 3.06 bits per heavy atom. The van der Waals surface area contributed by atoms with Gasteiger partial charge < -0.3 is 9.88 Å². The minimum absolute atomic E-state index is 1.03. The van der Waals surface area contributed by atoms with Gasteiger partial charge in [0, 0.05) is 25.0 Å². The first-order valence-corrected chi connectivity index (χ1v) is 6.75. The normalized spacial score (nSPS) is 15.6. The highest BCUT2D eigenvalue weighted by molar-refractivity contribution is 5.06. The van der Waals surface area contributed by atoms with Crippen LogP contribution in [0.1, 0.15) is 44.7 Å². The first-order chi connectivity index (χ1) is 7.90. The third-order valence-corrected chi connectivity index (χ3v) is 3.36. The van der Waals surface area contributed by atoms with Gasteiger partial charge in [-0.15, -0.1) is 0 Å². The molecule has 90 valence electrons. The Hall–Kier alpha value is -0.760. The van der Waals surface area contributed by atoms with E-state index in [1.54, 1.807) is 0 Å². The Morgan fingerprint density at radius 2 is 2.31 bits per heavy atom. The molecule has 0 saturated heterocycles. The van der Waals surface area contributed by atoms with Gasteiger partial charge in [-0.3, -0.25) is 0 Å². The van der Waals surface area contributed by atoms with Crippen LogP contribution in [0.2, 0.25) is 0 Å². The van der Waals surface area contributed by atoms with Crippen LogP contribution in [0, 0.1) is 5.92 Å². The Balaban J connectivity index is 1.61. The summed E-state index contributed by atoms with van der Waals surface area (Å²) >= 11 is 0. The van der Waals surface area contributed by atoms with Gasteiger partial charge >= 0.3 is 0 Å². The van der Waals surface area contributed by atoms with Crippen molar-refractivity contribution < 1.29 is 0 Å². The lowest BCUT2D eigenvalue weighted by atomic mass is 10.2. The van der Waals surface area contributed by atoms with E-state index in [9.17, 15) is 0 Å². The summed E-state index contributed by atoms with van der Waals surface area (Å²) in [6.45, 7) is 5.57. The molecule has 1 saturated carbocycles. The summed E-state index contributed by atoms with van der Waals surface area (Å²) in [5, 5.41) is 3.55. The van der Waals surface area contributed by atoms with E-state index in [1.165, 1.54) is 44.3 Å².